The van der Waals surface area contributed by atoms with Crippen molar-refractivity contribution in [2.75, 3.05) is 0 Å². The molecule has 27 heavy (non-hydrogen) atoms. The summed E-state index contributed by atoms with van der Waals surface area (Å²) >= 11 is 1.30. The Bertz CT molecular complexity index is 854. The van der Waals surface area contributed by atoms with Crippen molar-refractivity contribution in [2.45, 2.75) is 50.2 Å². The van der Waals surface area contributed by atoms with Crippen LogP contribution in [-0.4, -0.2) is 26.9 Å². The van der Waals surface area contributed by atoms with Crippen molar-refractivity contribution in [1.29, 1.82) is 0 Å². The van der Waals surface area contributed by atoms with Gasteiger partial charge in [-0.25, -0.2) is 0 Å². The van der Waals surface area contributed by atoms with Crippen LogP contribution in [0, 0.1) is 0 Å². The minimum Gasteiger partial charge on any atom is -0.435 e. The minimum absolute atomic E-state index is 0.0618. The van der Waals surface area contributed by atoms with Crippen molar-refractivity contribution >= 4 is 11.8 Å². The first-order valence-corrected chi connectivity index (χ1v) is 9.31. The Morgan fingerprint density at radius 2 is 1.96 bits per heavy atom. The van der Waals surface area contributed by atoms with Crippen molar-refractivity contribution in [2.24, 2.45) is 0 Å². The second-order valence-electron chi connectivity index (χ2n) is 5.69. The van der Waals surface area contributed by atoms with Crippen LogP contribution in [0.2, 0.25) is 0 Å². The summed E-state index contributed by atoms with van der Waals surface area (Å²) in [6.45, 7) is 1.14. The van der Waals surface area contributed by atoms with Gasteiger partial charge in [0.2, 0.25) is 11.8 Å². The fourth-order valence-electron chi connectivity index (χ4n) is 2.22. The summed E-state index contributed by atoms with van der Waals surface area (Å²) in [5.41, 5.74) is 0.600. The molecular weight excluding hydrogens is 378 g/mol. The first kappa shape index (κ1) is 19.3. The molecule has 7 nitrogen and oxygen atoms in total. The van der Waals surface area contributed by atoms with Crippen molar-refractivity contribution in [3.8, 4) is 17.2 Å². The number of unbranched alkanes of at least 4 members (excludes halogenated alkanes) is 1. The Balaban J connectivity index is 1.62. The Kier molecular flexibility index (Phi) is 6.38. The first-order chi connectivity index (χ1) is 13.0. The van der Waals surface area contributed by atoms with Gasteiger partial charge in [-0.15, -0.1) is 10.2 Å². The lowest BCUT2D eigenvalue weighted by Crippen LogP contribution is -2.01. The van der Waals surface area contributed by atoms with E-state index in [1.54, 1.807) is 12.1 Å². The average molecular weight is 396 g/mol. The molecule has 0 aliphatic heterocycles. The molecular formula is C17H18F2N4O3S. The number of aryl methyl sites for hydroxylation is 1. The Morgan fingerprint density at radius 3 is 2.67 bits per heavy atom. The molecule has 2 aromatic heterocycles. The summed E-state index contributed by atoms with van der Waals surface area (Å²) in [5, 5.41) is 12.1. The van der Waals surface area contributed by atoms with Gasteiger partial charge in [0.05, 0.1) is 5.25 Å². The van der Waals surface area contributed by atoms with Gasteiger partial charge < -0.3 is 13.7 Å². The summed E-state index contributed by atoms with van der Waals surface area (Å²) in [4.78, 5) is 4.38. The maximum atomic E-state index is 12.2. The van der Waals surface area contributed by atoms with Crippen LogP contribution in [0.4, 0.5) is 8.78 Å². The third kappa shape index (κ3) is 5.25. The zero-order valence-electron chi connectivity index (χ0n) is 14.8. The number of benzene rings is 1. The summed E-state index contributed by atoms with van der Waals surface area (Å²) in [7, 11) is 0. The number of alkyl halides is 2. The molecule has 0 saturated heterocycles. The fraction of sp³-hybridized carbons (Fsp3) is 0.412. The van der Waals surface area contributed by atoms with Crippen molar-refractivity contribution in [3.05, 3.63) is 36.0 Å². The van der Waals surface area contributed by atoms with E-state index in [4.69, 9.17) is 8.94 Å². The van der Waals surface area contributed by atoms with E-state index in [1.807, 2.05) is 6.92 Å². The van der Waals surface area contributed by atoms with E-state index >= 15 is 0 Å². The quantitative estimate of drug-likeness (QED) is 0.471. The van der Waals surface area contributed by atoms with E-state index in [2.05, 4.69) is 32.0 Å². The lowest BCUT2D eigenvalue weighted by Gasteiger charge is -2.04. The smallest absolute Gasteiger partial charge is 0.387 e. The molecule has 0 spiro atoms. The normalized spacial score (nSPS) is 12.5. The molecule has 0 saturated carbocycles. The molecule has 2 heterocycles. The maximum Gasteiger partial charge on any atom is 0.387 e. The van der Waals surface area contributed by atoms with Gasteiger partial charge in [0.25, 0.3) is 5.22 Å². The fourth-order valence-corrected chi connectivity index (χ4v) is 2.94. The number of nitrogens with zero attached hydrogens (tertiary/aromatic N) is 4. The second-order valence-corrected chi connectivity index (χ2v) is 6.98. The van der Waals surface area contributed by atoms with Crippen LogP contribution in [0.25, 0.3) is 11.5 Å². The summed E-state index contributed by atoms with van der Waals surface area (Å²) in [5.74, 6) is 1.53. The van der Waals surface area contributed by atoms with Gasteiger partial charge in [0.15, 0.2) is 5.82 Å². The highest BCUT2D eigenvalue weighted by molar-refractivity contribution is 7.99. The third-order valence-corrected chi connectivity index (χ3v) is 4.52. The summed E-state index contributed by atoms with van der Waals surface area (Å²) in [6.07, 6.45) is 2.86. The molecule has 0 N–H and O–H groups in total. The topological polar surface area (TPSA) is 87.1 Å². The van der Waals surface area contributed by atoms with Gasteiger partial charge in [-0.2, -0.15) is 13.8 Å². The van der Waals surface area contributed by atoms with Gasteiger partial charge >= 0.3 is 6.61 Å². The van der Waals surface area contributed by atoms with Crippen LogP contribution in [0.5, 0.6) is 5.75 Å². The number of aromatic nitrogens is 4. The predicted molar refractivity (Wildman–Crippen MR) is 93.5 cm³/mol. The highest BCUT2D eigenvalue weighted by Crippen LogP contribution is 2.34. The lowest BCUT2D eigenvalue weighted by atomic mass is 10.2. The van der Waals surface area contributed by atoms with Crippen molar-refractivity contribution in [3.63, 3.8) is 0 Å². The van der Waals surface area contributed by atoms with E-state index in [0.29, 0.717) is 22.5 Å². The van der Waals surface area contributed by atoms with Crippen molar-refractivity contribution in [1.82, 2.24) is 20.3 Å². The number of rotatable bonds is 9. The molecule has 0 fully saturated rings. The minimum atomic E-state index is -2.86. The number of thioether (sulfide) groups is 1. The second kappa shape index (κ2) is 8.94. The molecule has 0 amide bonds. The molecule has 1 aromatic carbocycles. The average Bonchev–Trinajstić information content (AvgIpc) is 3.30. The number of hydrogen-bond donors (Lipinski definition) is 0. The molecule has 3 aromatic rings. The number of hydrogen-bond acceptors (Lipinski definition) is 8. The largest absolute Gasteiger partial charge is 0.435 e. The lowest BCUT2D eigenvalue weighted by molar-refractivity contribution is -0.0498. The zero-order chi connectivity index (χ0) is 19.2. The molecule has 0 bridgehead atoms. The van der Waals surface area contributed by atoms with Crippen LogP contribution in [0.1, 0.15) is 43.7 Å². The van der Waals surface area contributed by atoms with Gasteiger partial charge in [-0.05, 0) is 37.6 Å². The van der Waals surface area contributed by atoms with Crippen molar-refractivity contribution < 1.29 is 22.5 Å². The molecule has 1 atom stereocenters. The molecule has 144 valence electrons. The van der Waals surface area contributed by atoms with Crippen LogP contribution in [-0.2, 0) is 6.42 Å². The van der Waals surface area contributed by atoms with Gasteiger partial charge in [0, 0.05) is 12.0 Å². The summed E-state index contributed by atoms with van der Waals surface area (Å²) < 4.78 is 39.6. The number of ether oxygens (including phenoxy) is 1. The van der Waals surface area contributed by atoms with E-state index < -0.39 is 6.61 Å². The maximum absolute atomic E-state index is 12.2. The Labute approximate surface area is 158 Å². The molecule has 0 aliphatic rings. The zero-order valence-corrected chi connectivity index (χ0v) is 15.6. The third-order valence-electron chi connectivity index (χ3n) is 3.60. The van der Waals surface area contributed by atoms with E-state index in [9.17, 15) is 8.78 Å². The van der Waals surface area contributed by atoms with Crippen LogP contribution < -0.4 is 4.74 Å². The molecule has 0 aliphatic carbocycles. The van der Waals surface area contributed by atoms with Crippen LogP contribution in [0.15, 0.2) is 38.4 Å². The standard InChI is InChI=1S/C17H18F2N4O3S/c1-3-4-5-13-20-14(26-23-13)10(2)27-17-22-21-15(25-17)11-6-8-12(9-7-11)24-16(18)19/h6-10,16H,3-5H2,1-2H3. The van der Waals surface area contributed by atoms with E-state index in [1.165, 1.54) is 23.9 Å². The van der Waals surface area contributed by atoms with Gasteiger partial charge in [-0.1, -0.05) is 30.3 Å². The molecule has 10 heteroatoms. The highest BCUT2D eigenvalue weighted by Gasteiger charge is 2.19. The van der Waals surface area contributed by atoms with E-state index in [0.717, 1.165) is 19.3 Å². The SMILES string of the molecule is CCCCc1noc(C(C)Sc2nnc(-c3ccc(OC(F)F)cc3)o2)n1. The first-order valence-electron chi connectivity index (χ1n) is 8.43. The number of halogens is 2. The van der Waals surface area contributed by atoms with Crippen LogP contribution >= 0.6 is 11.8 Å². The summed E-state index contributed by atoms with van der Waals surface area (Å²) in [6, 6.07) is 5.97. The predicted octanol–water partition coefficient (Wildman–Crippen LogP) is 4.92. The molecule has 0 radical (unpaired) electrons. The van der Waals surface area contributed by atoms with Gasteiger partial charge in [-0.3, -0.25) is 0 Å². The van der Waals surface area contributed by atoms with Gasteiger partial charge in [0.1, 0.15) is 5.75 Å². The molecule has 3 rings (SSSR count). The monoisotopic (exact) mass is 396 g/mol. The highest BCUT2D eigenvalue weighted by atomic mass is 32.2. The Hall–Kier alpha value is -2.49. The van der Waals surface area contributed by atoms with E-state index in [-0.39, 0.29) is 16.9 Å². The Morgan fingerprint density at radius 1 is 1.19 bits per heavy atom. The molecule has 1 unspecified atom stereocenters. The van der Waals surface area contributed by atoms with Crippen LogP contribution in [0.3, 0.4) is 0 Å².